The van der Waals surface area contributed by atoms with Gasteiger partial charge in [-0.15, -0.1) is 0 Å². The minimum atomic E-state index is -3.45. The van der Waals surface area contributed by atoms with Gasteiger partial charge in [-0.2, -0.15) is 4.31 Å². The highest BCUT2D eigenvalue weighted by atomic mass is 32.2. The van der Waals surface area contributed by atoms with Crippen molar-refractivity contribution in [1.29, 1.82) is 0 Å². The molecule has 0 spiro atoms. The SMILES string of the molecule is CC(C)[C@H]1COCCS(=O)(=O)N1Cc1cccc([N+](=O)[O-])c1. The van der Waals surface area contributed by atoms with E-state index in [0.29, 0.717) is 12.2 Å². The zero-order chi connectivity index (χ0) is 16.3. The van der Waals surface area contributed by atoms with E-state index in [0.717, 1.165) is 0 Å². The predicted molar refractivity (Wildman–Crippen MR) is 81.9 cm³/mol. The molecule has 1 fully saturated rings. The summed E-state index contributed by atoms with van der Waals surface area (Å²) in [5, 5.41) is 10.9. The first-order valence-corrected chi connectivity index (χ1v) is 8.73. The van der Waals surface area contributed by atoms with Gasteiger partial charge in [-0.1, -0.05) is 26.0 Å². The fourth-order valence-electron chi connectivity index (χ4n) is 2.46. The Kier molecular flexibility index (Phi) is 5.15. The van der Waals surface area contributed by atoms with Gasteiger partial charge in [0.15, 0.2) is 0 Å². The van der Waals surface area contributed by atoms with Crippen molar-refractivity contribution in [2.75, 3.05) is 19.0 Å². The summed E-state index contributed by atoms with van der Waals surface area (Å²) in [5.74, 6) is 0.0251. The van der Waals surface area contributed by atoms with Crippen molar-refractivity contribution >= 4 is 15.7 Å². The van der Waals surface area contributed by atoms with Gasteiger partial charge in [0.25, 0.3) is 5.69 Å². The Bertz CT molecular complexity index is 644. The van der Waals surface area contributed by atoms with Crippen molar-refractivity contribution < 1.29 is 18.1 Å². The van der Waals surface area contributed by atoms with Crippen LogP contribution in [0.3, 0.4) is 0 Å². The molecule has 1 heterocycles. The van der Waals surface area contributed by atoms with Crippen molar-refractivity contribution in [2.24, 2.45) is 5.92 Å². The van der Waals surface area contributed by atoms with Crippen LogP contribution in [-0.4, -0.2) is 42.7 Å². The fraction of sp³-hybridized carbons (Fsp3) is 0.571. The number of ether oxygens (including phenoxy) is 1. The number of sulfonamides is 1. The Hall–Kier alpha value is -1.51. The molecule has 0 aromatic heterocycles. The van der Waals surface area contributed by atoms with Crippen molar-refractivity contribution in [1.82, 2.24) is 4.31 Å². The predicted octanol–water partition coefficient (Wildman–Crippen LogP) is 1.78. The first-order chi connectivity index (χ1) is 10.3. The molecule has 0 aliphatic carbocycles. The van der Waals surface area contributed by atoms with Crippen LogP contribution in [0.25, 0.3) is 0 Å². The summed E-state index contributed by atoms with van der Waals surface area (Å²) in [6.45, 7) is 4.52. The molecule has 0 bridgehead atoms. The molecule has 1 aromatic carbocycles. The summed E-state index contributed by atoms with van der Waals surface area (Å²) >= 11 is 0. The van der Waals surface area contributed by atoms with E-state index >= 15 is 0 Å². The quantitative estimate of drug-likeness (QED) is 0.621. The number of non-ortho nitro benzene ring substituents is 1. The molecule has 22 heavy (non-hydrogen) atoms. The minimum Gasteiger partial charge on any atom is -0.379 e. The van der Waals surface area contributed by atoms with E-state index in [2.05, 4.69) is 0 Å². The maximum absolute atomic E-state index is 12.5. The number of nitrogens with zero attached hydrogens (tertiary/aromatic N) is 2. The molecule has 0 N–H and O–H groups in total. The van der Waals surface area contributed by atoms with E-state index in [1.807, 2.05) is 13.8 Å². The highest BCUT2D eigenvalue weighted by molar-refractivity contribution is 7.89. The lowest BCUT2D eigenvalue weighted by Crippen LogP contribution is -2.44. The van der Waals surface area contributed by atoms with Crippen LogP contribution in [0.5, 0.6) is 0 Å². The molecule has 1 aliphatic rings. The van der Waals surface area contributed by atoms with E-state index in [1.54, 1.807) is 12.1 Å². The molecule has 122 valence electrons. The van der Waals surface area contributed by atoms with E-state index < -0.39 is 14.9 Å². The number of hydrogen-bond acceptors (Lipinski definition) is 5. The van der Waals surface area contributed by atoms with Gasteiger partial charge in [0.2, 0.25) is 10.0 Å². The molecule has 0 radical (unpaired) electrons. The highest BCUT2D eigenvalue weighted by Crippen LogP contribution is 2.23. The van der Waals surface area contributed by atoms with Gasteiger partial charge in [-0.3, -0.25) is 10.1 Å². The van der Waals surface area contributed by atoms with Crippen LogP contribution in [0, 0.1) is 16.0 Å². The fourth-order valence-corrected chi connectivity index (χ4v) is 4.09. The lowest BCUT2D eigenvalue weighted by Gasteiger charge is -2.30. The monoisotopic (exact) mass is 328 g/mol. The van der Waals surface area contributed by atoms with Crippen LogP contribution in [0.15, 0.2) is 24.3 Å². The summed E-state index contributed by atoms with van der Waals surface area (Å²) in [7, 11) is -3.45. The maximum Gasteiger partial charge on any atom is 0.269 e. The molecule has 1 atom stereocenters. The number of hydrogen-bond donors (Lipinski definition) is 0. The summed E-state index contributed by atoms with van der Waals surface area (Å²) in [6, 6.07) is 5.80. The van der Waals surface area contributed by atoms with Crippen molar-refractivity contribution in [3.8, 4) is 0 Å². The van der Waals surface area contributed by atoms with Gasteiger partial charge >= 0.3 is 0 Å². The second-order valence-electron chi connectivity index (χ2n) is 5.67. The van der Waals surface area contributed by atoms with Crippen molar-refractivity contribution in [2.45, 2.75) is 26.4 Å². The molecule has 1 aromatic rings. The summed E-state index contributed by atoms with van der Waals surface area (Å²) < 4.78 is 31.7. The normalized spacial score (nSPS) is 22.4. The average molecular weight is 328 g/mol. The highest BCUT2D eigenvalue weighted by Gasteiger charge is 2.34. The molecular formula is C14H20N2O5S. The van der Waals surface area contributed by atoms with Crippen LogP contribution in [-0.2, 0) is 21.3 Å². The molecule has 7 nitrogen and oxygen atoms in total. The molecule has 0 saturated carbocycles. The standard InChI is InChI=1S/C14H20N2O5S/c1-11(2)14-10-21-6-7-22(19,20)15(14)9-12-4-3-5-13(8-12)16(17)18/h3-5,8,11,14H,6-7,9-10H2,1-2H3/t14-/m1/s1. The Morgan fingerprint density at radius 3 is 2.82 bits per heavy atom. The smallest absolute Gasteiger partial charge is 0.269 e. The van der Waals surface area contributed by atoms with Crippen LogP contribution >= 0.6 is 0 Å². The molecule has 1 saturated heterocycles. The lowest BCUT2D eigenvalue weighted by atomic mass is 10.0. The Balaban J connectivity index is 2.33. The first kappa shape index (κ1) is 16.9. The lowest BCUT2D eigenvalue weighted by molar-refractivity contribution is -0.384. The molecule has 0 unspecified atom stereocenters. The number of nitro benzene ring substituents is 1. The summed E-state index contributed by atoms with van der Waals surface area (Å²) in [4.78, 5) is 10.4. The summed E-state index contributed by atoms with van der Waals surface area (Å²) in [5.41, 5.74) is 0.562. The zero-order valence-corrected chi connectivity index (χ0v) is 13.5. The van der Waals surface area contributed by atoms with Gasteiger partial charge in [-0.05, 0) is 11.5 Å². The minimum absolute atomic E-state index is 0.0398. The largest absolute Gasteiger partial charge is 0.379 e. The van der Waals surface area contributed by atoms with Gasteiger partial charge in [0, 0.05) is 18.7 Å². The molecular weight excluding hydrogens is 308 g/mol. The van der Waals surface area contributed by atoms with Crippen LogP contribution < -0.4 is 0 Å². The van der Waals surface area contributed by atoms with Gasteiger partial charge in [-0.25, -0.2) is 8.42 Å². The Morgan fingerprint density at radius 1 is 1.45 bits per heavy atom. The maximum atomic E-state index is 12.5. The van der Waals surface area contributed by atoms with Gasteiger partial charge < -0.3 is 4.74 Å². The second kappa shape index (κ2) is 6.72. The number of nitro groups is 1. The third-order valence-corrected chi connectivity index (χ3v) is 5.53. The van der Waals surface area contributed by atoms with E-state index in [1.165, 1.54) is 16.4 Å². The van der Waals surface area contributed by atoms with E-state index in [-0.39, 0.29) is 36.6 Å². The zero-order valence-electron chi connectivity index (χ0n) is 12.6. The second-order valence-corrected chi connectivity index (χ2v) is 7.72. The third kappa shape index (κ3) is 3.82. The Morgan fingerprint density at radius 2 is 2.18 bits per heavy atom. The topological polar surface area (TPSA) is 89.8 Å². The van der Waals surface area contributed by atoms with Crippen molar-refractivity contribution in [3.63, 3.8) is 0 Å². The van der Waals surface area contributed by atoms with Crippen LogP contribution in [0.2, 0.25) is 0 Å². The molecule has 0 amide bonds. The number of benzene rings is 1. The molecule has 2 rings (SSSR count). The first-order valence-electron chi connectivity index (χ1n) is 7.12. The third-order valence-electron chi connectivity index (χ3n) is 3.73. The number of rotatable bonds is 4. The van der Waals surface area contributed by atoms with Gasteiger partial charge in [0.05, 0.1) is 29.9 Å². The van der Waals surface area contributed by atoms with Crippen LogP contribution in [0.4, 0.5) is 5.69 Å². The molecule has 8 heteroatoms. The van der Waals surface area contributed by atoms with Gasteiger partial charge in [0.1, 0.15) is 0 Å². The van der Waals surface area contributed by atoms with Crippen molar-refractivity contribution in [3.05, 3.63) is 39.9 Å². The average Bonchev–Trinajstić information content (AvgIpc) is 2.59. The Labute approximate surface area is 130 Å². The van der Waals surface area contributed by atoms with Crippen LogP contribution in [0.1, 0.15) is 19.4 Å². The molecule has 1 aliphatic heterocycles. The summed E-state index contributed by atoms with van der Waals surface area (Å²) in [6.07, 6.45) is 0. The van der Waals surface area contributed by atoms with E-state index in [9.17, 15) is 18.5 Å². The van der Waals surface area contributed by atoms with E-state index in [4.69, 9.17) is 4.74 Å².